The van der Waals surface area contributed by atoms with E-state index in [1.807, 2.05) is 30.3 Å². The van der Waals surface area contributed by atoms with Crippen LogP contribution in [0.15, 0.2) is 30.3 Å². The molecule has 2 aliphatic heterocycles. The molecule has 2 aliphatic rings. The zero-order valence-electron chi connectivity index (χ0n) is 13.7. The lowest BCUT2D eigenvalue weighted by Crippen LogP contribution is -2.38. The van der Waals surface area contributed by atoms with Crippen molar-refractivity contribution in [3.63, 3.8) is 0 Å². The Morgan fingerprint density at radius 2 is 2.12 bits per heavy atom. The highest BCUT2D eigenvalue weighted by atomic mass is 19.1. The second kappa shape index (κ2) is 8.44. The van der Waals surface area contributed by atoms with E-state index in [4.69, 9.17) is 14.2 Å². The van der Waals surface area contributed by atoms with Gasteiger partial charge in [-0.1, -0.05) is 30.3 Å². The zero-order chi connectivity index (χ0) is 16.8. The molecule has 0 N–H and O–H groups in total. The molecule has 0 saturated carbocycles. The van der Waals surface area contributed by atoms with E-state index < -0.39 is 18.8 Å². The second-order valence-electron chi connectivity index (χ2n) is 6.29. The van der Waals surface area contributed by atoms with Crippen molar-refractivity contribution in [2.45, 2.75) is 50.7 Å². The Morgan fingerprint density at radius 1 is 1.29 bits per heavy atom. The Bertz CT molecular complexity index is 521. The third kappa shape index (κ3) is 4.45. The van der Waals surface area contributed by atoms with Gasteiger partial charge < -0.3 is 14.2 Å². The molecule has 2 heterocycles. The number of ether oxygens (including phenoxy) is 3. The molecule has 132 valence electrons. The maximum absolute atomic E-state index is 13.3. The summed E-state index contributed by atoms with van der Waals surface area (Å²) in [5, 5.41) is 0. The fourth-order valence-electron chi connectivity index (χ4n) is 3.18. The number of amides is 1. The van der Waals surface area contributed by atoms with Crippen LogP contribution in [0.4, 0.5) is 9.18 Å². The van der Waals surface area contributed by atoms with E-state index in [0.29, 0.717) is 19.6 Å². The van der Waals surface area contributed by atoms with Crippen LogP contribution in [0.5, 0.6) is 0 Å². The average Bonchev–Trinajstić information content (AvgIpc) is 3.04. The highest BCUT2D eigenvalue weighted by molar-refractivity contribution is 5.68. The molecule has 2 saturated heterocycles. The molecule has 1 aromatic carbocycles. The number of likely N-dealkylation sites (tertiary alicyclic amines) is 1. The number of halogens is 1. The fraction of sp³-hybridized carbons (Fsp3) is 0.611. The SMILES string of the molecule is O=C(OCc1ccccc1)N1C[C@@H](OC2CCCCO2)C[C@H]1CF. The smallest absolute Gasteiger partial charge is 0.410 e. The molecule has 0 spiro atoms. The maximum atomic E-state index is 13.3. The third-order valence-corrected chi connectivity index (χ3v) is 4.48. The zero-order valence-corrected chi connectivity index (χ0v) is 13.7. The van der Waals surface area contributed by atoms with E-state index in [0.717, 1.165) is 24.8 Å². The Balaban J connectivity index is 1.50. The normalized spacial score (nSPS) is 27.2. The van der Waals surface area contributed by atoms with Crippen LogP contribution in [0.2, 0.25) is 0 Å². The van der Waals surface area contributed by atoms with E-state index in [9.17, 15) is 9.18 Å². The van der Waals surface area contributed by atoms with Gasteiger partial charge in [-0.2, -0.15) is 0 Å². The van der Waals surface area contributed by atoms with Gasteiger partial charge in [0.05, 0.1) is 18.7 Å². The van der Waals surface area contributed by atoms with Crippen molar-refractivity contribution in [3.05, 3.63) is 35.9 Å². The van der Waals surface area contributed by atoms with Gasteiger partial charge in [-0.3, -0.25) is 4.90 Å². The van der Waals surface area contributed by atoms with Gasteiger partial charge in [0.15, 0.2) is 6.29 Å². The Morgan fingerprint density at radius 3 is 2.83 bits per heavy atom. The van der Waals surface area contributed by atoms with Crippen molar-refractivity contribution in [2.24, 2.45) is 0 Å². The molecule has 3 rings (SSSR count). The van der Waals surface area contributed by atoms with Crippen molar-refractivity contribution in [1.29, 1.82) is 0 Å². The lowest BCUT2D eigenvalue weighted by atomic mass is 10.2. The van der Waals surface area contributed by atoms with E-state index in [1.165, 1.54) is 4.90 Å². The number of carbonyl (C=O) groups excluding carboxylic acids is 1. The summed E-state index contributed by atoms with van der Waals surface area (Å²) in [6, 6.07) is 8.96. The number of nitrogens with zero attached hydrogens (tertiary/aromatic N) is 1. The topological polar surface area (TPSA) is 48.0 Å². The first-order chi connectivity index (χ1) is 11.8. The van der Waals surface area contributed by atoms with E-state index >= 15 is 0 Å². The Hall–Kier alpha value is -1.66. The van der Waals surface area contributed by atoms with Crippen LogP contribution in [0.3, 0.4) is 0 Å². The lowest BCUT2D eigenvalue weighted by molar-refractivity contribution is -0.184. The van der Waals surface area contributed by atoms with Gasteiger partial charge in [0.1, 0.15) is 13.3 Å². The van der Waals surface area contributed by atoms with Crippen LogP contribution in [-0.2, 0) is 20.8 Å². The standard InChI is InChI=1S/C18H24FNO4/c19-11-15-10-16(24-17-8-4-5-9-22-17)12-20(15)18(21)23-13-14-6-2-1-3-7-14/h1-3,6-7,15-17H,4-5,8-13H2/t15-,16-,17?/m0/s1. The van der Waals surface area contributed by atoms with Crippen molar-refractivity contribution in [1.82, 2.24) is 4.90 Å². The predicted octanol–water partition coefficient (Wildman–Crippen LogP) is 3.28. The molecule has 0 aromatic heterocycles. The summed E-state index contributed by atoms with van der Waals surface area (Å²) in [6.07, 6.45) is 2.55. The largest absolute Gasteiger partial charge is 0.445 e. The number of hydrogen-bond donors (Lipinski definition) is 0. The molecule has 2 fully saturated rings. The second-order valence-corrected chi connectivity index (χ2v) is 6.29. The minimum absolute atomic E-state index is 0.187. The quantitative estimate of drug-likeness (QED) is 0.827. The van der Waals surface area contributed by atoms with Crippen molar-refractivity contribution < 1.29 is 23.4 Å². The number of alkyl halides is 1. The predicted molar refractivity (Wildman–Crippen MR) is 86.2 cm³/mol. The Labute approximate surface area is 141 Å². The number of carbonyl (C=O) groups is 1. The van der Waals surface area contributed by atoms with Crippen molar-refractivity contribution >= 4 is 6.09 Å². The molecule has 3 atom stereocenters. The van der Waals surface area contributed by atoms with Gasteiger partial charge in [-0.25, -0.2) is 9.18 Å². The molecular formula is C18H24FNO4. The van der Waals surface area contributed by atoms with Gasteiger partial charge in [0.2, 0.25) is 0 Å². The summed E-state index contributed by atoms with van der Waals surface area (Å²) in [4.78, 5) is 13.7. The number of rotatable bonds is 5. The van der Waals surface area contributed by atoms with Crippen LogP contribution < -0.4 is 0 Å². The molecule has 0 aliphatic carbocycles. The summed E-state index contributed by atoms with van der Waals surface area (Å²) < 4.78 is 30.1. The van der Waals surface area contributed by atoms with E-state index in [-0.39, 0.29) is 19.0 Å². The number of benzene rings is 1. The van der Waals surface area contributed by atoms with Crippen LogP contribution >= 0.6 is 0 Å². The van der Waals surface area contributed by atoms with E-state index in [2.05, 4.69) is 0 Å². The summed E-state index contributed by atoms with van der Waals surface area (Å²) in [7, 11) is 0. The first-order valence-corrected chi connectivity index (χ1v) is 8.56. The molecule has 0 radical (unpaired) electrons. The molecule has 5 nitrogen and oxygen atoms in total. The molecule has 24 heavy (non-hydrogen) atoms. The monoisotopic (exact) mass is 337 g/mol. The first kappa shape index (κ1) is 17.2. The van der Waals surface area contributed by atoms with Crippen LogP contribution in [-0.4, -0.2) is 49.3 Å². The van der Waals surface area contributed by atoms with Crippen LogP contribution in [0.25, 0.3) is 0 Å². The molecule has 0 bridgehead atoms. The Kier molecular flexibility index (Phi) is 6.04. The van der Waals surface area contributed by atoms with Gasteiger partial charge in [-0.15, -0.1) is 0 Å². The van der Waals surface area contributed by atoms with Crippen LogP contribution in [0.1, 0.15) is 31.2 Å². The molecular weight excluding hydrogens is 313 g/mol. The lowest BCUT2D eigenvalue weighted by Gasteiger charge is -2.25. The average molecular weight is 337 g/mol. The van der Waals surface area contributed by atoms with Gasteiger partial charge in [0, 0.05) is 6.61 Å². The van der Waals surface area contributed by atoms with Crippen molar-refractivity contribution in [3.8, 4) is 0 Å². The van der Waals surface area contributed by atoms with Gasteiger partial charge >= 0.3 is 6.09 Å². The molecule has 6 heteroatoms. The minimum Gasteiger partial charge on any atom is -0.445 e. The maximum Gasteiger partial charge on any atom is 0.410 e. The summed E-state index contributed by atoms with van der Waals surface area (Å²) in [5.41, 5.74) is 0.908. The summed E-state index contributed by atoms with van der Waals surface area (Å²) in [6.45, 7) is 0.646. The third-order valence-electron chi connectivity index (χ3n) is 4.48. The number of hydrogen-bond acceptors (Lipinski definition) is 4. The van der Waals surface area contributed by atoms with Gasteiger partial charge in [-0.05, 0) is 31.2 Å². The van der Waals surface area contributed by atoms with E-state index in [1.54, 1.807) is 0 Å². The van der Waals surface area contributed by atoms with Gasteiger partial charge in [0.25, 0.3) is 0 Å². The minimum atomic E-state index is -0.591. The first-order valence-electron chi connectivity index (χ1n) is 8.56. The fourth-order valence-corrected chi connectivity index (χ4v) is 3.18. The highest BCUT2D eigenvalue weighted by Gasteiger charge is 2.38. The summed E-state index contributed by atoms with van der Waals surface area (Å²) in [5.74, 6) is 0. The molecule has 1 aromatic rings. The highest BCUT2D eigenvalue weighted by Crippen LogP contribution is 2.25. The summed E-state index contributed by atoms with van der Waals surface area (Å²) >= 11 is 0. The molecule has 1 amide bonds. The van der Waals surface area contributed by atoms with Crippen molar-refractivity contribution in [2.75, 3.05) is 19.8 Å². The van der Waals surface area contributed by atoms with Crippen LogP contribution in [0, 0.1) is 0 Å². The molecule has 1 unspecified atom stereocenters.